The van der Waals surface area contributed by atoms with E-state index in [1.807, 2.05) is 6.07 Å². The highest BCUT2D eigenvalue weighted by Crippen LogP contribution is 1.86. The molecule has 0 aliphatic carbocycles. The lowest BCUT2D eigenvalue weighted by Gasteiger charge is -1.84. The molecule has 0 saturated heterocycles. The van der Waals surface area contributed by atoms with Crippen LogP contribution in [0.15, 0.2) is 29.6 Å². The first-order chi connectivity index (χ1) is 6.99. The number of pyridine rings is 1. The second-order valence-electron chi connectivity index (χ2n) is 2.37. The van der Waals surface area contributed by atoms with Crippen molar-refractivity contribution in [2.75, 3.05) is 5.75 Å². The van der Waals surface area contributed by atoms with Crippen LogP contribution in [0.2, 0.25) is 0 Å². The number of rotatable bonds is 2. The largest absolute Gasteiger partial charge is 0.411 e. The molecule has 0 aromatic carbocycles. The Kier molecular flexibility index (Phi) is 6.23. The molecule has 1 heterocycles. The van der Waals surface area contributed by atoms with E-state index in [4.69, 9.17) is 9.76 Å². The molecule has 84 valence electrons. The van der Waals surface area contributed by atoms with Crippen LogP contribution in [0.4, 0.5) is 0 Å². The van der Waals surface area contributed by atoms with Gasteiger partial charge in [0.15, 0.2) is 0 Å². The Labute approximate surface area is 88.0 Å². The molecule has 0 aliphatic heterocycles. The minimum atomic E-state index is -3.66. The van der Waals surface area contributed by atoms with Gasteiger partial charge in [-0.1, -0.05) is 11.2 Å². The Bertz CT molecular complexity index is 388. The van der Waals surface area contributed by atoms with Crippen molar-refractivity contribution >= 4 is 16.3 Å². The molecule has 0 atom stereocenters. The molecule has 1 aromatic rings. The predicted octanol–water partition coefficient (Wildman–Crippen LogP) is 0.784. The van der Waals surface area contributed by atoms with Crippen LogP contribution in [0.1, 0.15) is 12.6 Å². The maximum absolute atomic E-state index is 9.56. The zero-order chi connectivity index (χ0) is 11.7. The van der Waals surface area contributed by atoms with Gasteiger partial charge in [0.1, 0.15) is 0 Å². The Morgan fingerprint density at radius 1 is 1.53 bits per heavy atom. The van der Waals surface area contributed by atoms with Crippen LogP contribution in [0.5, 0.6) is 0 Å². The maximum atomic E-state index is 9.56. The first-order valence-electron chi connectivity index (χ1n) is 4.03. The molecule has 0 amide bonds. The van der Waals surface area contributed by atoms with Crippen molar-refractivity contribution in [1.29, 1.82) is 0 Å². The second kappa shape index (κ2) is 6.91. The van der Waals surface area contributed by atoms with Gasteiger partial charge in [-0.2, -0.15) is 8.42 Å². The minimum Gasteiger partial charge on any atom is -0.411 e. The number of hydrogen-bond donors (Lipinski definition) is 2. The highest BCUT2D eigenvalue weighted by molar-refractivity contribution is 7.85. The summed E-state index contributed by atoms with van der Waals surface area (Å²) in [6, 6.07) is 5.37. The number of hydrogen-bond acceptors (Lipinski definition) is 5. The van der Waals surface area contributed by atoms with Gasteiger partial charge >= 0.3 is 0 Å². The fourth-order valence-electron chi connectivity index (χ4n) is 0.511. The van der Waals surface area contributed by atoms with Gasteiger partial charge in [-0.15, -0.1) is 0 Å². The maximum Gasteiger partial charge on any atom is 0.264 e. The first kappa shape index (κ1) is 13.5. The van der Waals surface area contributed by atoms with Crippen LogP contribution in [0, 0.1) is 0 Å². The molecule has 1 aromatic heterocycles. The van der Waals surface area contributed by atoms with Gasteiger partial charge in [0.2, 0.25) is 0 Å². The van der Waals surface area contributed by atoms with E-state index >= 15 is 0 Å². The Morgan fingerprint density at radius 3 is 2.47 bits per heavy atom. The lowest BCUT2D eigenvalue weighted by atomic mass is 10.4. The topological polar surface area (TPSA) is 99.9 Å². The van der Waals surface area contributed by atoms with Gasteiger partial charge in [0, 0.05) is 6.20 Å². The average Bonchev–Trinajstić information content (AvgIpc) is 2.20. The van der Waals surface area contributed by atoms with Gasteiger partial charge in [-0.25, -0.2) is 0 Å². The fraction of sp³-hybridized carbons (Fsp3) is 0.250. The van der Waals surface area contributed by atoms with Crippen molar-refractivity contribution in [2.24, 2.45) is 5.16 Å². The van der Waals surface area contributed by atoms with Gasteiger partial charge in [0.25, 0.3) is 10.1 Å². The molecule has 1 rings (SSSR count). The smallest absolute Gasteiger partial charge is 0.264 e. The molecular formula is C8H12N2O4S. The van der Waals surface area contributed by atoms with Crippen LogP contribution < -0.4 is 0 Å². The van der Waals surface area contributed by atoms with Crippen LogP contribution in [0.3, 0.4) is 0 Å². The number of aromatic nitrogens is 1. The molecular weight excluding hydrogens is 220 g/mol. The predicted molar refractivity (Wildman–Crippen MR) is 55.7 cm³/mol. The highest BCUT2D eigenvalue weighted by atomic mass is 32.2. The normalized spacial score (nSPS) is 10.8. The third-order valence-electron chi connectivity index (χ3n) is 1.24. The monoisotopic (exact) mass is 232 g/mol. The molecule has 0 fully saturated rings. The van der Waals surface area contributed by atoms with Crippen LogP contribution >= 0.6 is 0 Å². The molecule has 7 heteroatoms. The van der Waals surface area contributed by atoms with Gasteiger partial charge in [-0.05, 0) is 19.1 Å². The third kappa shape index (κ3) is 8.85. The van der Waals surface area contributed by atoms with E-state index in [9.17, 15) is 8.42 Å². The molecule has 0 saturated carbocycles. The summed E-state index contributed by atoms with van der Waals surface area (Å²) in [4.78, 5) is 3.86. The van der Waals surface area contributed by atoms with E-state index in [1.165, 1.54) is 13.1 Å². The summed E-state index contributed by atoms with van der Waals surface area (Å²) < 4.78 is 26.9. The van der Waals surface area contributed by atoms with E-state index in [0.29, 0.717) is 5.69 Å². The van der Waals surface area contributed by atoms with Crippen LogP contribution in [-0.4, -0.2) is 35.1 Å². The average molecular weight is 232 g/mol. The van der Waals surface area contributed by atoms with Crippen molar-refractivity contribution < 1.29 is 18.2 Å². The lowest BCUT2D eigenvalue weighted by Crippen LogP contribution is -1.97. The van der Waals surface area contributed by atoms with Gasteiger partial charge < -0.3 is 5.21 Å². The lowest BCUT2D eigenvalue weighted by molar-refractivity contribution is 0.321. The summed E-state index contributed by atoms with van der Waals surface area (Å²) in [6.45, 7) is 1.37. The second-order valence-corrected chi connectivity index (χ2v) is 4.11. The van der Waals surface area contributed by atoms with E-state index in [0.717, 1.165) is 0 Å². The van der Waals surface area contributed by atoms with Crippen molar-refractivity contribution in [2.45, 2.75) is 6.92 Å². The zero-order valence-corrected chi connectivity index (χ0v) is 8.92. The van der Waals surface area contributed by atoms with E-state index < -0.39 is 10.1 Å². The molecule has 15 heavy (non-hydrogen) atoms. The minimum absolute atomic E-state index is 0.201. The van der Waals surface area contributed by atoms with Gasteiger partial charge in [-0.3, -0.25) is 9.54 Å². The summed E-state index contributed by atoms with van der Waals surface area (Å²) in [5.74, 6) is -0.201. The Balaban J connectivity index is 0.000000288. The third-order valence-corrected chi connectivity index (χ3v) is 1.97. The molecule has 0 spiro atoms. The van der Waals surface area contributed by atoms with E-state index in [2.05, 4.69) is 10.1 Å². The molecule has 2 N–H and O–H groups in total. The summed E-state index contributed by atoms with van der Waals surface area (Å²) in [7, 11) is -3.66. The molecule has 0 radical (unpaired) electrons. The quantitative estimate of drug-likeness (QED) is 0.340. The van der Waals surface area contributed by atoms with Crippen LogP contribution in [-0.2, 0) is 10.1 Å². The van der Waals surface area contributed by atoms with Crippen molar-refractivity contribution in [3.63, 3.8) is 0 Å². The zero-order valence-electron chi connectivity index (χ0n) is 8.11. The van der Waals surface area contributed by atoms with Crippen molar-refractivity contribution in [3.05, 3.63) is 30.1 Å². The SMILES string of the molecule is CCS(=O)(=O)O.O/N=C\c1ccccn1. The van der Waals surface area contributed by atoms with Crippen molar-refractivity contribution in [3.8, 4) is 0 Å². The number of nitrogens with zero attached hydrogens (tertiary/aromatic N) is 2. The van der Waals surface area contributed by atoms with E-state index in [1.54, 1.807) is 18.3 Å². The first-order valence-corrected chi connectivity index (χ1v) is 5.64. The highest BCUT2D eigenvalue weighted by Gasteiger charge is 1.93. The van der Waals surface area contributed by atoms with Crippen molar-refractivity contribution in [1.82, 2.24) is 4.98 Å². The molecule has 0 bridgehead atoms. The summed E-state index contributed by atoms with van der Waals surface area (Å²) in [5.41, 5.74) is 0.653. The summed E-state index contributed by atoms with van der Waals surface area (Å²) >= 11 is 0. The van der Waals surface area contributed by atoms with E-state index in [-0.39, 0.29) is 5.75 Å². The molecule has 6 nitrogen and oxygen atoms in total. The van der Waals surface area contributed by atoms with Crippen LogP contribution in [0.25, 0.3) is 0 Å². The summed E-state index contributed by atoms with van der Waals surface area (Å²) in [5, 5.41) is 10.9. The molecule has 0 aliphatic rings. The Morgan fingerprint density at radius 2 is 2.13 bits per heavy atom. The Hall–Kier alpha value is -1.47. The fourth-order valence-corrected chi connectivity index (χ4v) is 0.511. The van der Waals surface area contributed by atoms with Gasteiger partial charge in [0.05, 0.1) is 17.7 Å². The standard InChI is InChI=1S/C6H6N2O.C2H6O3S/c9-8-5-6-3-1-2-4-7-6;1-2-6(3,4)5/h1-5,9H;2H2,1H3,(H,3,4,5)/b8-5-;. The number of oxime groups is 1. The summed E-state index contributed by atoms with van der Waals surface area (Å²) in [6.07, 6.45) is 2.91. The molecule has 0 unspecified atom stereocenters.